The van der Waals surface area contributed by atoms with Crippen LogP contribution in [0.5, 0.6) is 5.75 Å². The molecule has 0 saturated heterocycles. The Morgan fingerprint density at radius 1 is 1.13 bits per heavy atom. The van der Waals surface area contributed by atoms with Gasteiger partial charge in [-0.25, -0.2) is 0 Å². The second kappa shape index (κ2) is 11.5. The third kappa shape index (κ3) is 7.13. The number of carbonyl (C=O) groups excluding carboxylic acids is 2. The van der Waals surface area contributed by atoms with E-state index >= 15 is 0 Å². The number of halogens is 2. The maximum absolute atomic E-state index is 13.1. The highest BCUT2D eigenvalue weighted by atomic mass is 79.9. The van der Waals surface area contributed by atoms with E-state index in [1.165, 1.54) is 0 Å². The Kier molecular flexibility index (Phi) is 9.37. The molecular weight excluding hydrogens is 512 g/mol. The van der Waals surface area contributed by atoms with Crippen LogP contribution < -0.4 is 10.1 Å². The topological polar surface area (TPSA) is 58.6 Å². The Hall–Kier alpha value is -1.86. The van der Waals surface area contributed by atoms with Gasteiger partial charge < -0.3 is 15.0 Å². The van der Waals surface area contributed by atoms with Gasteiger partial charge in [-0.05, 0) is 68.7 Å². The summed E-state index contributed by atoms with van der Waals surface area (Å²) < 4.78 is 7.63. The van der Waals surface area contributed by atoms with Crippen molar-refractivity contribution in [2.75, 3.05) is 6.61 Å². The van der Waals surface area contributed by atoms with Gasteiger partial charge in [-0.2, -0.15) is 0 Å². The second-order valence-corrected chi connectivity index (χ2v) is 9.12. The third-order valence-corrected chi connectivity index (χ3v) is 6.28. The molecule has 162 valence electrons. The maximum atomic E-state index is 13.1. The van der Waals surface area contributed by atoms with Crippen LogP contribution >= 0.6 is 31.9 Å². The number of nitrogens with zero attached hydrogens (tertiary/aromatic N) is 1. The third-order valence-electron chi connectivity index (χ3n) is 4.90. The van der Waals surface area contributed by atoms with Crippen LogP contribution in [-0.4, -0.2) is 35.4 Å². The van der Waals surface area contributed by atoms with E-state index < -0.39 is 6.04 Å². The van der Waals surface area contributed by atoms with Crippen molar-refractivity contribution in [3.8, 4) is 5.75 Å². The zero-order valence-corrected chi connectivity index (χ0v) is 20.9. The number of aryl methyl sites for hydroxylation is 1. The fourth-order valence-corrected chi connectivity index (χ4v) is 3.51. The van der Waals surface area contributed by atoms with E-state index in [0.717, 1.165) is 26.5 Å². The van der Waals surface area contributed by atoms with E-state index in [-0.39, 0.29) is 24.5 Å². The predicted octanol–water partition coefficient (Wildman–Crippen LogP) is 5.23. The van der Waals surface area contributed by atoms with Gasteiger partial charge in [0, 0.05) is 21.5 Å². The Balaban J connectivity index is 2.16. The largest absolute Gasteiger partial charge is 0.484 e. The van der Waals surface area contributed by atoms with Gasteiger partial charge in [-0.15, -0.1) is 0 Å². The van der Waals surface area contributed by atoms with E-state index in [9.17, 15) is 9.59 Å². The van der Waals surface area contributed by atoms with E-state index in [0.29, 0.717) is 12.3 Å². The molecular formula is C23H28Br2N2O3. The van der Waals surface area contributed by atoms with Gasteiger partial charge in [0.05, 0.1) is 0 Å². The van der Waals surface area contributed by atoms with Crippen molar-refractivity contribution < 1.29 is 14.3 Å². The molecule has 5 nitrogen and oxygen atoms in total. The summed E-state index contributed by atoms with van der Waals surface area (Å²) in [7, 11) is 0. The first kappa shape index (κ1) is 24.4. The van der Waals surface area contributed by atoms with Gasteiger partial charge in [0.25, 0.3) is 5.91 Å². The van der Waals surface area contributed by atoms with Crippen LogP contribution in [0.4, 0.5) is 0 Å². The molecule has 2 atom stereocenters. The second-order valence-electron chi connectivity index (χ2n) is 7.35. The minimum absolute atomic E-state index is 0.0461. The van der Waals surface area contributed by atoms with Crippen molar-refractivity contribution in [2.45, 2.75) is 52.7 Å². The zero-order valence-electron chi connectivity index (χ0n) is 17.7. The van der Waals surface area contributed by atoms with Crippen LogP contribution in [0.25, 0.3) is 0 Å². The Morgan fingerprint density at radius 3 is 2.50 bits per heavy atom. The molecule has 2 amide bonds. The molecule has 0 fully saturated rings. The molecule has 0 aromatic heterocycles. The number of hydrogen-bond donors (Lipinski definition) is 1. The van der Waals surface area contributed by atoms with Gasteiger partial charge in [0.15, 0.2) is 6.61 Å². The predicted molar refractivity (Wildman–Crippen MR) is 126 cm³/mol. The lowest BCUT2D eigenvalue weighted by Gasteiger charge is -2.29. The van der Waals surface area contributed by atoms with Crippen LogP contribution in [0.2, 0.25) is 0 Å². The van der Waals surface area contributed by atoms with Gasteiger partial charge >= 0.3 is 0 Å². The van der Waals surface area contributed by atoms with Gasteiger partial charge in [0.2, 0.25) is 5.91 Å². The van der Waals surface area contributed by atoms with E-state index in [4.69, 9.17) is 4.74 Å². The molecule has 2 aromatic carbocycles. The van der Waals surface area contributed by atoms with Gasteiger partial charge in [0.1, 0.15) is 11.8 Å². The monoisotopic (exact) mass is 538 g/mol. The molecule has 30 heavy (non-hydrogen) atoms. The smallest absolute Gasteiger partial charge is 0.261 e. The summed E-state index contributed by atoms with van der Waals surface area (Å²) in [5.74, 6) is 0.192. The van der Waals surface area contributed by atoms with Gasteiger partial charge in [-0.3, -0.25) is 9.59 Å². The molecule has 0 spiro atoms. The molecule has 0 aliphatic carbocycles. The van der Waals surface area contributed by atoms with Crippen LogP contribution in [0.1, 0.15) is 38.3 Å². The lowest BCUT2D eigenvalue weighted by atomic mass is 10.1. The van der Waals surface area contributed by atoms with Crippen molar-refractivity contribution in [1.82, 2.24) is 10.2 Å². The highest BCUT2D eigenvalue weighted by Crippen LogP contribution is 2.22. The molecule has 2 rings (SSSR count). The normalized spacial score (nSPS) is 12.7. The molecule has 2 aromatic rings. The standard InChI is InChI=1S/C23H28Br2N2O3/c1-5-16(3)26-23(29)17(4)27(13-18-7-6-8-19(24)12-18)22(28)14-30-20-9-10-21(25)15(2)11-20/h6-12,16-17H,5,13-14H2,1-4H3,(H,26,29)/t16-,17+/m1/s1. The van der Waals surface area contributed by atoms with Crippen molar-refractivity contribution in [3.63, 3.8) is 0 Å². The highest BCUT2D eigenvalue weighted by molar-refractivity contribution is 9.10. The number of amides is 2. The molecule has 0 unspecified atom stereocenters. The van der Waals surface area contributed by atoms with Gasteiger partial charge in [-0.1, -0.05) is 50.9 Å². The van der Waals surface area contributed by atoms with Crippen molar-refractivity contribution in [3.05, 3.63) is 62.5 Å². The molecule has 0 heterocycles. The molecule has 0 aliphatic heterocycles. The minimum atomic E-state index is -0.624. The quantitative estimate of drug-likeness (QED) is 0.474. The summed E-state index contributed by atoms with van der Waals surface area (Å²) in [6, 6.07) is 12.7. The number of nitrogens with one attached hydrogen (secondary N) is 1. The van der Waals surface area contributed by atoms with Crippen LogP contribution in [0, 0.1) is 6.92 Å². The number of carbonyl (C=O) groups is 2. The first-order chi connectivity index (χ1) is 14.2. The fraction of sp³-hybridized carbons (Fsp3) is 0.391. The number of hydrogen-bond acceptors (Lipinski definition) is 3. The summed E-state index contributed by atoms with van der Waals surface area (Å²) >= 11 is 6.92. The number of rotatable bonds is 9. The minimum Gasteiger partial charge on any atom is -0.484 e. The summed E-state index contributed by atoms with van der Waals surface area (Å²) in [6.45, 7) is 7.83. The lowest BCUT2D eigenvalue weighted by molar-refractivity contribution is -0.142. The molecule has 7 heteroatoms. The molecule has 0 aliphatic rings. The average Bonchev–Trinajstić information content (AvgIpc) is 2.72. The molecule has 0 bridgehead atoms. The molecule has 0 saturated carbocycles. The van der Waals surface area contributed by atoms with E-state index in [2.05, 4.69) is 37.2 Å². The number of benzene rings is 2. The Morgan fingerprint density at radius 2 is 1.87 bits per heavy atom. The van der Waals surface area contributed by atoms with Crippen LogP contribution in [-0.2, 0) is 16.1 Å². The lowest BCUT2D eigenvalue weighted by Crippen LogP contribution is -2.50. The summed E-state index contributed by atoms with van der Waals surface area (Å²) in [6.07, 6.45) is 0.823. The summed E-state index contributed by atoms with van der Waals surface area (Å²) in [4.78, 5) is 27.3. The van der Waals surface area contributed by atoms with Crippen molar-refractivity contribution in [2.24, 2.45) is 0 Å². The van der Waals surface area contributed by atoms with E-state index in [1.54, 1.807) is 11.8 Å². The van der Waals surface area contributed by atoms with Crippen molar-refractivity contribution in [1.29, 1.82) is 0 Å². The zero-order chi connectivity index (χ0) is 22.3. The van der Waals surface area contributed by atoms with Crippen molar-refractivity contribution >= 4 is 43.7 Å². The Bertz CT molecular complexity index is 889. The summed E-state index contributed by atoms with van der Waals surface area (Å²) in [5.41, 5.74) is 1.95. The Labute approximate surface area is 195 Å². The fourth-order valence-electron chi connectivity index (χ4n) is 2.82. The van der Waals surface area contributed by atoms with Crippen LogP contribution in [0.15, 0.2) is 51.4 Å². The van der Waals surface area contributed by atoms with E-state index in [1.807, 2.05) is 63.2 Å². The SMILES string of the molecule is CC[C@@H](C)NC(=O)[C@H](C)N(Cc1cccc(Br)c1)C(=O)COc1ccc(Br)c(C)c1. The summed E-state index contributed by atoms with van der Waals surface area (Å²) in [5, 5.41) is 2.96. The highest BCUT2D eigenvalue weighted by Gasteiger charge is 2.27. The number of ether oxygens (including phenoxy) is 1. The first-order valence-corrected chi connectivity index (χ1v) is 11.5. The molecule has 0 radical (unpaired) electrons. The average molecular weight is 540 g/mol. The maximum Gasteiger partial charge on any atom is 0.261 e. The molecule has 1 N–H and O–H groups in total. The first-order valence-electron chi connectivity index (χ1n) is 9.94. The van der Waals surface area contributed by atoms with Crippen LogP contribution in [0.3, 0.4) is 0 Å².